The summed E-state index contributed by atoms with van der Waals surface area (Å²) in [5, 5.41) is 10.2. The van der Waals surface area contributed by atoms with Gasteiger partial charge in [0, 0.05) is 12.8 Å². The van der Waals surface area contributed by atoms with E-state index in [1.54, 1.807) is 12.1 Å². The topological polar surface area (TPSA) is 63.6 Å². The number of ether oxygens (including phenoxy) is 1. The van der Waals surface area contributed by atoms with Crippen molar-refractivity contribution in [1.29, 1.82) is 0 Å². The number of fused-ring (bicyclic) bond motifs is 1. The van der Waals surface area contributed by atoms with Crippen LogP contribution in [0, 0.1) is 5.92 Å². The highest BCUT2D eigenvalue weighted by molar-refractivity contribution is 5.84. The lowest BCUT2D eigenvalue weighted by Gasteiger charge is -2.18. The number of rotatable bonds is 0. The van der Waals surface area contributed by atoms with Crippen LogP contribution in [0.5, 0.6) is 0 Å². The van der Waals surface area contributed by atoms with E-state index in [0.29, 0.717) is 31.4 Å². The van der Waals surface area contributed by atoms with Gasteiger partial charge in [-0.25, -0.2) is 0 Å². The largest absolute Gasteiger partial charge is 0.466 e. The number of Topliss-reactive ketones (excluding diaryl/α,β-unsaturated/α-hetero) is 1. The molecule has 4 heteroatoms. The van der Waals surface area contributed by atoms with Crippen LogP contribution in [0.4, 0.5) is 0 Å². The van der Waals surface area contributed by atoms with Gasteiger partial charge in [-0.05, 0) is 29.9 Å². The molecule has 4 nitrogen and oxygen atoms in total. The predicted octanol–water partition coefficient (Wildman–Crippen LogP) is 2.19. The number of aliphatic hydroxyl groups excluding tert-OH is 1. The molecule has 0 aliphatic carbocycles. The number of aryl methyl sites for hydroxylation is 1. The van der Waals surface area contributed by atoms with Gasteiger partial charge in [0.2, 0.25) is 0 Å². The van der Waals surface area contributed by atoms with E-state index in [1.165, 1.54) is 0 Å². The SMILES string of the molecule is CC1CCOC(=O)CCc2ccccc2C(O)C(=O)C1. The average molecular weight is 276 g/mol. The summed E-state index contributed by atoms with van der Waals surface area (Å²) in [6.45, 7) is 2.27. The molecule has 0 aromatic heterocycles. The van der Waals surface area contributed by atoms with Gasteiger partial charge >= 0.3 is 5.97 Å². The zero-order chi connectivity index (χ0) is 14.5. The molecule has 2 rings (SSSR count). The van der Waals surface area contributed by atoms with Crippen molar-refractivity contribution in [3.05, 3.63) is 35.4 Å². The second-order valence-electron chi connectivity index (χ2n) is 5.39. The number of aliphatic hydroxyl groups is 1. The highest BCUT2D eigenvalue weighted by Crippen LogP contribution is 2.24. The fraction of sp³-hybridized carbons (Fsp3) is 0.500. The molecule has 1 N–H and O–H groups in total. The lowest BCUT2D eigenvalue weighted by Crippen LogP contribution is -2.19. The molecular formula is C16H20O4. The van der Waals surface area contributed by atoms with E-state index in [2.05, 4.69) is 0 Å². The van der Waals surface area contributed by atoms with Gasteiger partial charge in [0.15, 0.2) is 5.78 Å². The summed E-state index contributed by atoms with van der Waals surface area (Å²) < 4.78 is 5.15. The maximum Gasteiger partial charge on any atom is 0.306 e. The molecule has 2 atom stereocenters. The zero-order valence-electron chi connectivity index (χ0n) is 11.7. The number of benzene rings is 1. The van der Waals surface area contributed by atoms with Gasteiger partial charge in [-0.1, -0.05) is 31.2 Å². The summed E-state index contributed by atoms with van der Waals surface area (Å²) >= 11 is 0. The number of esters is 1. The van der Waals surface area contributed by atoms with E-state index in [4.69, 9.17) is 4.74 Å². The Morgan fingerprint density at radius 1 is 1.20 bits per heavy atom. The molecule has 1 aliphatic rings. The van der Waals surface area contributed by atoms with E-state index in [0.717, 1.165) is 5.56 Å². The van der Waals surface area contributed by atoms with Crippen LogP contribution in [0.1, 0.15) is 43.4 Å². The molecule has 1 aromatic carbocycles. The van der Waals surface area contributed by atoms with Gasteiger partial charge in [0.05, 0.1) is 6.61 Å². The Hall–Kier alpha value is -1.68. The maximum absolute atomic E-state index is 12.1. The van der Waals surface area contributed by atoms with Crippen LogP contribution in [-0.4, -0.2) is 23.5 Å². The van der Waals surface area contributed by atoms with E-state index in [9.17, 15) is 14.7 Å². The van der Waals surface area contributed by atoms with Gasteiger partial charge in [0.1, 0.15) is 6.10 Å². The fourth-order valence-corrected chi connectivity index (χ4v) is 2.44. The molecule has 0 spiro atoms. The first kappa shape index (κ1) is 14.7. The maximum atomic E-state index is 12.1. The summed E-state index contributed by atoms with van der Waals surface area (Å²) in [6, 6.07) is 7.23. The van der Waals surface area contributed by atoms with Gasteiger partial charge in [-0.3, -0.25) is 9.59 Å². The Morgan fingerprint density at radius 2 is 1.95 bits per heavy atom. The zero-order valence-corrected chi connectivity index (χ0v) is 11.7. The van der Waals surface area contributed by atoms with Gasteiger partial charge in [-0.2, -0.15) is 0 Å². The molecular weight excluding hydrogens is 256 g/mol. The van der Waals surface area contributed by atoms with Crippen molar-refractivity contribution in [2.75, 3.05) is 6.61 Å². The minimum atomic E-state index is -1.09. The molecule has 0 fully saturated rings. The minimum absolute atomic E-state index is 0.0940. The van der Waals surface area contributed by atoms with E-state index >= 15 is 0 Å². The van der Waals surface area contributed by atoms with E-state index in [-0.39, 0.29) is 24.1 Å². The standard InChI is InChI=1S/C16H20O4/c1-11-8-9-20-15(18)7-6-12-4-2-3-5-13(12)16(19)14(17)10-11/h2-5,11,16,19H,6-10H2,1H3. The Kier molecular flexibility index (Phi) is 4.90. The van der Waals surface area contributed by atoms with Crippen LogP contribution in [0.25, 0.3) is 0 Å². The highest BCUT2D eigenvalue weighted by Gasteiger charge is 2.23. The van der Waals surface area contributed by atoms with Crippen LogP contribution < -0.4 is 0 Å². The normalized spacial score (nSPS) is 25.1. The highest BCUT2D eigenvalue weighted by atomic mass is 16.5. The van der Waals surface area contributed by atoms with Gasteiger partial charge in [-0.15, -0.1) is 0 Å². The summed E-state index contributed by atoms with van der Waals surface area (Å²) in [6.07, 6.45) is 0.601. The number of cyclic esters (lactones) is 1. The lowest BCUT2D eigenvalue weighted by atomic mass is 9.91. The summed E-state index contributed by atoms with van der Waals surface area (Å²) in [4.78, 5) is 23.7. The number of carbonyl (C=O) groups excluding carboxylic acids is 2. The van der Waals surface area contributed by atoms with Crippen molar-refractivity contribution in [3.8, 4) is 0 Å². The quantitative estimate of drug-likeness (QED) is 0.738. The molecule has 20 heavy (non-hydrogen) atoms. The fourth-order valence-electron chi connectivity index (χ4n) is 2.44. The number of hydrogen-bond donors (Lipinski definition) is 1. The third-order valence-corrected chi connectivity index (χ3v) is 3.68. The van der Waals surface area contributed by atoms with Crippen LogP contribution in [0.15, 0.2) is 24.3 Å². The molecule has 1 aromatic rings. The molecule has 0 saturated carbocycles. The monoisotopic (exact) mass is 276 g/mol. The van der Waals surface area contributed by atoms with Crippen LogP contribution in [-0.2, 0) is 20.7 Å². The third kappa shape index (κ3) is 3.67. The van der Waals surface area contributed by atoms with Crippen molar-refractivity contribution in [3.63, 3.8) is 0 Å². The first-order chi connectivity index (χ1) is 9.58. The van der Waals surface area contributed by atoms with Crippen molar-refractivity contribution < 1.29 is 19.4 Å². The molecule has 1 aliphatic heterocycles. The van der Waals surface area contributed by atoms with Crippen LogP contribution in [0.2, 0.25) is 0 Å². The third-order valence-electron chi connectivity index (χ3n) is 3.68. The first-order valence-electron chi connectivity index (χ1n) is 7.02. The van der Waals surface area contributed by atoms with Crippen molar-refractivity contribution in [2.24, 2.45) is 5.92 Å². The summed E-state index contributed by atoms with van der Waals surface area (Å²) in [5.74, 6) is -0.304. The van der Waals surface area contributed by atoms with Crippen molar-refractivity contribution in [2.45, 2.75) is 38.7 Å². The second kappa shape index (κ2) is 6.66. The summed E-state index contributed by atoms with van der Waals surface area (Å²) in [7, 11) is 0. The molecule has 0 radical (unpaired) electrons. The molecule has 2 unspecified atom stereocenters. The summed E-state index contributed by atoms with van der Waals surface area (Å²) in [5.41, 5.74) is 1.44. The number of carbonyl (C=O) groups is 2. The Bertz CT molecular complexity index is 495. The predicted molar refractivity (Wildman–Crippen MR) is 74.1 cm³/mol. The second-order valence-corrected chi connectivity index (χ2v) is 5.39. The Labute approximate surface area is 118 Å². The average Bonchev–Trinajstić information content (AvgIpc) is 2.43. The number of hydrogen-bond acceptors (Lipinski definition) is 4. The molecule has 1 heterocycles. The molecule has 0 bridgehead atoms. The Morgan fingerprint density at radius 3 is 2.75 bits per heavy atom. The smallest absolute Gasteiger partial charge is 0.306 e. The van der Waals surface area contributed by atoms with E-state index < -0.39 is 6.10 Å². The molecule has 0 saturated heterocycles. The number of ketones is 1. The Balaban J connectivity index is 2.27. The van der Waals surface area contributed by atoms with Crippen LogP contribution >= 0.6 is 0 Å². The lowest BCUT2D eigenvalue weighted by molar-refractivity contribution is -0.144. The van der Waals surface area contributed by atoms with Crippen LogP contribution in [0.3, 0.4) is 0 Å². The molecule has 108 valence electrons. The van der Waals surface area contributed by atoms with Crippen molar-refractivity contribution >= 4 is 11.8 Å². The minimum Gasteiger partial charge on any atom is -0.466 e. The van der Waals surface area contributed by atoms with Crippen molar-refractivity contribution in [1.82, 2.24) is 0 Å². The van der Waals surface area contributed by atoms with Gasteiger partial charge < -0.3 is 9.84 Å². The van der Waals surface area contributed by atoms with Gasteiger partial charge in [0.25, 0.3) is 0 Å². The first-order valence-corrected chi connectivity index (χ1v) is 7.02. The van der Waals surface area contributed by atoms with E-state index in [1.807, 2.05) is 19.1 Å². The molecule has 0 amide bonds.